The normalized spacial score (nSPS) is 24.4. The average molecular weight is 266 g/mol. The Morgan fingerprint density at radius 3 is 2.84 bits per heavy atom. The van der Waals surface area contributed by atoms with E-state index in [1.54, 1.807) is 18.2 Å². The third kappa shape index (κ3) is 3.27. The van der Waals surface area contributed by atoms with E-state index >= 15 is 0 Å². The molecule has 1 aromatic carbocycles. The minimum absolute atomic E-state index is 0.252. The monoisotopic (exact) mass is 266 g/mol. The number of hydrogen-bond donors (Lipinski definition) is 1. The van der Waals surface area contributed by atoms with Gasteiger partial charge in [0, 0.05) is 6.42 Å². The molecule has 0 radical (unpaired) electrons. The topological polar surface area (TPSA) is 29.5 Å². The molecule has 1 aromatic rings. The molecule has 3 heteroatoms. The maximum atomic E-state index is 14.0. The second kappa shape index (κ2) is 6.38. The highest BCUT2D eigenvalue weighted by atomic mass is 19.1. The summed E-state index contributed by atoms with van der Waals surface area (Å²) in [6.45, 7) is 2.20. The Hall–Kier alpha value is -1.09. The van der Waals surface area contributed by atoms with Crippen molar-refractivity contribution in [1.29, 1.82) is 0 Å². The number of ether oxygens (including phenoxy) is 1. The fraction of sp³-hybridized carbons (Fsp3) is 0.625. The highest BCUT2D eigenvalue weighted by Gasteiger charge is 2.29. The van der Waals surface area contributed by atoms with Crippen LogP contribution in [0.15, 0.2) is 18.2 Å². The van der Waals surface area contributed by atoms with Crippen molar-refractivity contribution in [3.05, 3.63) is 29.6 Å². The molecule has 3 atom stereocenters. The summed E-state index contributed by atoms with van der Waals surface area (Å²) < 4.78 is 19.0. The number of rotatable bonds is 5. The second-order valence-corrected chi connectivity index (χ2v) is 5.55. The standard InChI is InChI=1S/C16H23FO2/c1-3-11-7-8-12(9-11)14(18)10-13-5-4-6-15(19-2)16(13)17/h4-6,11-12,14,18H,3,7-10H2,1-2H3. The Balaban J connectivity index is 2.01. The van der Waals surface area contributed by atoms with Crippen molar-refractivity contribution < 1.29 is 14.2 Å². The molecule has 1 N–H and O–H groups in total. The number of methoxy groups -OCH3 is 1. The predicted molar refractivity (Wildman–Crippen MR) is 73.8 cm³/mol. The van der Waals surface area contributed by atoms with Crippen molar-refractivity contribution in [3.8, 4) is 5.75 Å². The summed E-state index contributed by atoms with van der Waals surface area (Å²) in [4.78, 5) is 0. The molecule has 0 saturated heterocycles. The highest BCUT2D eigenvalue weighted by Crippen LogP contribution is 2.36. The molecule has 3 unspecified atom stereocenters. The van der Waals surface area contributed by atoms with Gasteiger partial charge in [-0.2, -0.15) is 0 Å². The number of hydrogen-bond acceptors (Lipinski definition) is 2. The van der Waals surface area contributed by atoms with Gasteiger partial charge in [-0.3, -0.25) is 0 Å². The van der Waals surface area contributed by atoms with Crippen LogP contribution in [0.2, 0.25) is 0 Å². The zero-order valence-corrected chi connectivity index (χ0v) is 11.7. The van der Waals surface area contributed by atoms with Crippen LogP contribution in [-0.2, 0) is 6.42 Å². The van der Waals surface area contributed by atoms with Crippen LogP contribution in [0.25, 0.3) is 0 Å². The molecule has 0 bridgehead atoms. The number of benzene rings is 1. The molecule has 2 nitrogen and oxygen atoms in total. The summed E-state index contributed by atoms with van der Waals surface area (Å²) in [7, 11) is 1.46. The summed E-state index contributed by atoms with van der Waals surface area (Å²) in [5.74, 6) is 0.960. The molecule has 0 aromatic heterocycles. The minimum Gasteiger partial charge on any atom is -0.494 e. The Labute approximate surface area is 114 Å². The summed E-state index contributed by atoms with van der Waals surface area (Å²) in [6.07, 6.45) is 4.44. The summed E-state index contributed by atoms with van der Waals surface area (Å²) in [5, 5.41) is 10.3. The molecule has 2 rings (SSSR count). The van der Waals surface area contributed by atoms with E-state index in [9.17, 15) is 9.50 Å². The van der Waals surface area contributed by atoms with Crippen molar-refractivity contribution >= 4 is 0 Å². The van der Waals surface area contributed by atoms with Gasteiger partial charge in [0.15, 0.2) is 11.6 Å². The number of aliphatic hydroxyl groups is 1. The van der Waals surface area contributed by atoms with Gasteiger partial charge in [0.05, 0.1) is 13.2 Å². The molecule has 0 heterocycles. The first-order valence-electron chi connectivity index (χ1n) is 7.15. The van der Waals surface area contributed by atoms with E-state index in [1.807, 2.05) is 0 Å². The molecular formula is C16H23FO2. The van der Waals surface area contributed by atoms with E-state index in [0.29, 0.717) is 17.9 Å². The van der Waals surface area contributed by atoms with Crippen LogP contribution >= 0.6 is 0 Å². The number of aliphatic hydroxyl groups excluding tert-OH is 1. The summed E-state index contributed by atoms with van der Waals surface area (Å²) in [5.41, 5.74) is 0.548. The van der Waals surface area contributed by atoms with Gasteiger partial charge >= 0.3 is 0 Å². The third-order valence-electron chi connectivity index (χ3n) is 4.40. The van der Waals surface area contributed by atoms with E-state index in [0.717, 1.165) is 18.8 Å². The van der Waals surface area contributed by atoms with E-state index in [2.05, 4.69) is 6.92 Å². The molecule has 0 spiro atoms. The van der Waals surface area contributed by atoms with Crippen molar-refractivity contribution in [2.75, 3.05) is 7.11 Å². The molecule has 0 amide bonds. The minimum atomic E-state index is -0.446. The molecule has 106 valence electrons. The van der Waals surface area contributed by atoms with Crippen LogP contribution in [0.5, 0.6) is 5.75 Å². The van der Waals surface area contributed by atoms with Crippen LogP contribution in [0.1, 0.15) is 38.2 Å². The maximum Gasteiger partial charge on any atom is 0.168 e. The molecule has 19 heavy (non-hydrogen) atoms. The molecule has 1 aliphatic carbocycles. The van der Waals surface area contributed by atoms with Crippen LogP contribution in [-0.4, -0.2) is 18.3 Å². The largest absolute Gasteiger partial charge is 0.494 e. The lowest BCUT2D eigenvalue weighted by Crippen LogP contribution is -2.21. The van der Waals surface area contributed by atoms with Crippen molar-refractivity contribution in [3.63, 3.8) is 0 Å². The zero-order chi connectivity index (χ0) is 13.8. The lowest BCUT2D eigenvalue weighted by atomic mass is 9.93. The smallest absolute Gasteiger partial charge is 0.168 e. The predicted octanol–water partition coefficient (Wildman–Crippen LogP) is 3.56. The molecular weight excluding hydrogens is 243 g/mol. The van der Waals surface area contributed by atoms with E-state index in [1.165, 1.54) is 20.0 Å². The van der Waals surface area contributed by atoms with Gasteiger partial charge in [0.2, 0.25) is 0 Å². The Morgan fingerprint density at radius 2 is 2.21 bits per heavy atom. The van der Waals surface area contributed by atoms with Gasteiger partial charge in [-0.1, -0.05) is 31.9 Å². The Kier molecular flexibility index (Phi) is 4.81. The van der Waals surface area contributed by atoms with E-state index in [4.69, 9.17) is 4.74 Å². The van der Waals surface area contributed by atoms with Crippen LogP contribution < -0.4 is 4.74 Å². The quantitative estimate of drug-likeness (QED) is 0.883. The summed E-state index contributed by atoms with van der Waals surface area (Å²) >= 11 is 0. The Morgan fingerprint density at radius 1 is 1.42 bits per heavy atom. The van der Waals surface area contributed by atoms with Crippen LogP contribution in [0.3, 0.4) is 0 Å². The van der Waals surface area contributed by atoms with Gasteiger partial charge in [0.1, 0.15) is 0 Å². The van der Waals surface area contributed by atoms with Crippen molar-refractivity contribution in [2.45, 2.75) is 45.1 Å². The first-order chi connectivity index (χ1) is 9.15. The van der Waals surface area contributed by atoms with Gasteiger partial charge < -0.3 is 9.84 Å². The SMILES string of the molecule is CCC1CCC(C(O)Cc2cccc(OC)c2F)C1. The summed E-state index contributed by atoms with van der Waals surface area (Å²) in [6, 6.07) is 5.11. The molecule has 1 aliphatic rings. The first-order valence-corrected chi connectivity index (χ1v) is 7.15. The van der Waals surface area contributed by atoms with Gasteiger partial charge in [0.25, 0.3) is 0 Å². The van der Waals surface area contributed by atoms with Crippen molar-refractivity contribution in [1.82, 2.24) is 0 Å². The van der Waals surface area contributed by atoms with Crippen LogP contribution in [0.4, 0.5) is 4.39 Å². The average Bonchev–Trinajstić information content (AvgIpc) is 2.90. The van der Waals surface area contributed by atoms with Crippen molar-refractivity contribution in [2.24, 2.45) is 11.8 Å². The lowest BCUT2D eigenvalue weighted by molar-refractivity contribution is 0.107. The molecule has 1 saturated carbocycles. The van der Waals surface area contributed by atoms with Gasteiger partial charge in [-0.05, 0) is 36.3 Å². The lowest BCUT2D eigenvalue weighted by Gasteiger charge is -2.19. The van der Waals surface area contributed by atoms with E-state index < -0.39 is 6.10 Å². The zero-order valence-electron chi connectivity index (χ0n) is 11.7. The van der Waals surface area contributed by atoms with Gasteiger partial charge in [-0.15, -0.1) is 0 Å². The fourth-order valence-electron chi connectivity index (χ4n) is 3.10. The third-order valence-corrected chi connectivity index (χ3v) is 4.40. The van der Waals surface area contributed by atoms with E-state index in [-0.39, 0.29) is 11.6 Å². The second-order valence-electron chi connectivity index (χ2n) is 5.55. The van der Waals surface area contributed by atoms with Crippen LogP contribution in [0, 0.1) is 17.7 Å². The highest BCUT2D eigenvalue weighted by molar-refractivity contribution is 5.31. The fourth-order valence-corrected chi connectivity index (χ4v) is 3.10. The van der Waals surface area contributed by atoms with Gasteiger partial charge in [-0.25, -0.2) is 4.39 Å². The Bertz CT molecular complexity index is 419. The number of halogens is 1. The molecule has 0 aliphatic heterocycles. The molecule has 1 fully saturated rings. The first kappa shape index (κ1) is 14.3. The maximum absolute atomic E-state index is 14.0.